The van der Waals surface area contributed by atoms with Gasteiger partial charge in [0.15, 0.2) is 0 Å². The molecule has 3 aliphatic heterocycles. The van der Waals surface area contributed by atoms with E-state index >= 15 is 0 Å². The molecule has 0 atom stereocenters. The van der Waals surface area contributed by atoms with Crippen LogP contribution in [0.4, 0.5) is 33.9 Å². The summed E-state index contributed by atoms with van der Waals surface area (Å²) in [4.78, 5) is 42.1. The van der Waals surface area contributed by atoms with Crippen molar-refractivity contribution in [2.45, 2.75) is 19.5 Å². The van der Waals surface area contributed by atoms with Crippen LogP contribution in [0.3, 0.4) is 0 Å². The fourth-order valence-electron chi connectivity index (χ4n) is 7.08. The predicted octanol–water partition coefficient (Wildman–Crippen LogP) is 5.43. The summed E-state index contributed by atoms with van der Waals surface area (Å²) in [6, 6.07) is 23.7. The molecular formula is C41H45N9O5. The number of nitrogens with one attached hydrogen (secondary N) is 1. The van der Waals surface area contributed by atoms with Gasteiger partial charge in [0.2, 0.25) is 11.9 Å². The molecule has 0 spiro atoms. The zero-order chi connectivity index (χ0) is 37.6. The number of aromatic nitrogens is 4. The first-order chi connectivity index (χ1) is 27.0. The highest BCUT2D eigenvalue weighted by Crippen LogP contribution is 2.36. The largest absolute Gasteiger partial charge is 0.497 e. The Kier molecular flexibility index (Phi) is 10.9. The number of hydrogen-bond donors (Lipinski definition) is 1. The van der Waals surface area contributed by atoms with E-state index in [0.717, 1.165) is 63.9 Å². The molecule has 3 aliphatic rings. The van der Waals surface area contributed by atoms with Crippen LogP contribution in [0.2, 0.25) is 0 Å². The van der Waals surface area contributed by atoms with Crippen molar-refractivity contribution in [3.8, 4) is 22.8 Å². The smallest absolute Gasteiger partial charge is 0.327 e. The molecule has 5 aromatic rings. The summed E-state index contributed by atoms with van der Waals surface area (Å²) in [6.45, 7) is 7.10. The van der Waals surface area contributed by atoms with Gasteiger partial charge in [-0.2, -0.15) is 4.98 Å². The minimum absolute atomic E-state index is 0.241. The highest BCUT2D eigenvalue weighted by molar-refractivity contribution is 6.03. The Morgan fingerprint density at radius 3 is 1.96 bits per heavy atom. The molecule has 0 unspecified atom stereocenters. The first-order valence-electron chi connectivity index (χ1n) is 18.6. The number of anilines is 5. The van der Waals surface area contributed by atoms with Crippen LogP contribution in [0.1, 0.15) is 16.7 Å². The number of hydrogen-bond acceptors (Lipinski definition) is 12. The van der Waals surface area contributed by atoms with Crippen LogP contribution in [-0.2, 0) is 29.0 Å². The average Bonchev–Trinajstić information content (AvgIpc) is 3.69. The molecular weight excluding hydrogens is 699 g/mol. The Morgan fingerprint density at radius 2 is 1.36 bits per heavy atom. The van der Waals surface area contributed by atoms with E-state index < -0.39 is 0 Å². The van der Waals surface area contributed by atoms with Gasteiger partial charge in [-0.1, -0.05) is 30.3 Å². The van der Waals surface area contributed by atoms with E-state index in [0.29, 0.717) is 83.3 Å². The van der Waals surface area contributed by atoms with Gasteiger partial charge in [0, 0.05) is 80.7 Å². The van der Waals surface area contributed by atoms with Gasteiger partial charge in [-0.15, -0.1) is 0 Å². The molecule has 5 heterocycles. The summed E-state index contributed by atoms with van der Waals surface area (Å²) < 4.78 is 21.9. The predicted molar refractivity (Wildman–Crippen MR) is 212 cm³/mol. The van der Waals surface area contributed by atoms with Crippen LogP contribution in [0.15, 0.2) is 85.2 Å². The number of benzene rings is 3. The molecule has 0 bridgehead atoms. The van der Waals surface area contributed by atoms with E-state index in [1.54, 1.807) is 19.1 Å². The normalized spacial score (nSPS) is 15.4. The minimum Gasteiger partial charge on any atom is -0.497 e. The third-order valence-corrected chi connectivity index (χ3v) is 10.1. The second-order valence-electron chi connectivity index (χ2n) is 13.6. The third kappa shape index (κ3) is 8.25. The number of fused-ring (bicyclic) bond motifs is 1. The summed E-state index contributed by atoms with van der Waals surface area (Å²) in [5, 5.41) is 3.13. The van der Waals surface area contributed by atoms with Gasteiger partial charge in [-0.3, -0.25) is 4.90 Å². The molecule has 284 valence electrons. The van der Waals surface area contributed by atoms with Crippen molar-refractivity contribution in [3.63, 3.8) is 0 Å². The summed E-state index contributed by atoms with van der Waals surface area (Å²) in [5.41, 5.74) is 6.33. The lowest BCUT2D eigenvalue weighted by Crippen LogP contribution is -2.38. The van der Waals surface area contributed by atoms with Gasteiger partial charge in [0.05, 0.1) is 46.3 Å². The fourth-order valence-corrected chi connectivity index (χ4v) is 7.08. The third-order valence-electron chi connectivity index (χ3n) is 10.1. The summed E-state index contributed by atoms with van der Waals surface area (Å²) >= 11 is 0. The maximum absolute atomic E-state index is 13.9. The highest BCUT2D eigenvalue weighted by Gasteiger charge is 2.32. The molecule has 2 aromatic heterocycles. The van der Waals surface area contributed by atoms with Crippen molar-refractivity contribution < 1.29 is 23.7 Å². The second-order valence-corrected chi connectivity index (χ2v) is 13.6. The number of ether oxygens (including phenoxy) is 4. The van der Waals surface area contributed by atoms with Crippen molar-refractivity contribution in [2.24, 2.45) is 0 Å². The first kappa shape index (κ1) is 36.0. The van der Waals surface area contributed by atoms with Gasteiger partial charge < -0.3 is 39.0 Å². The maximum Gasteiger partial charge on any atom is 0.327 e. The van der Waals surface area contributed by atoms with Crippen molar-refractivity contribution in [1.29, 1.82) is 0 Å². The van der Waals surface area contributed by atoms with Crippen molar-refractivity contribution in [3.05, 3.63) is 102 Å². The Balaban J connectivity index is 1.08. The molecule has 8 rings (SSSR count). The number of carbonyl (C=O) groups excluding carboxylic acids is 1. The van der Waals surface area contributed by atoms with Crippen LogP contribution < -0.4 is 34.4 Å². The number of morpholine rings is 2. The molecule has 0 aliphatic carbocycles. The Labute approximate surface area is 320 Å². The maximum atomic E-state index is 13.9. The molecule has 2 amide bonds. The lowest BCUT2D eigenvalue weighted by Gasteiger charge is -2.29. The molecule has 3 aromatic carbocycles. The molecule has 2 saturated heterocycles. The van der Waals surface area contributed by atoms with Crippen molar-refractivity contribution >= 4 is 35.1 Å². The number of carbonyl (C=O) groups is 1. The SMILES string of the molecule is COc1ccc(CN(Cc2ccc(OC)cc2)c2ncc(-c3nc(N4CCOCC4)nc4c3CCN4C(=O)Nc3cccc(N4CCOCC4)c3)cn2)cc1. The van der Waals surface area contributed by atoms with Gasteiger partial charge in [-0.05, 0) is 60.0 Å². The summed E-state index contributed by atoms with van der Waals surface area (Å²) in [6.07, 6.45) is 4.24. The van der Waals surface area contributed by atoms with Gasteiger partial charge in [0.25, 0.3) is 0 Å². The van der Waals surface area contributed by atoms with Crippen LogP contribution >= 0.6 is 0 Å². The average molecular weight is 744 g/mol. The molecule has 14 nitrogen and oxygen atoms in total. The van der Waals surface area contributed by atoms with Crippen LogP contribution in [0.25, 0.3) is 11.3 Å². The molecule has 14 heteroatoms. The zero-order valence-corrected chi connectivity index (χ0v) is 31.2. The van der Waals surface area contributed by atoms with Crippen LogP contribution in [-0.4, -0.2) is 99.3 Å². The Morgan fingerprint density at radius 1 is 0.764 bits per heavy atom. The second kappa shape index (κ2) is 16.6. The van der Waals surface area contributed by atoms with Gasteiger partial charge in [-0.25, -0.2) is 19.7 Å². The van der Waals surface area contributed by atoms with E-state index in [4.69, 9.17) is 38.9 Å². The monoisotopic (exact) mass is 743 g/mol. The fraction of sp³-hybridized carbons (Fsp3) is 0.341. The molecule has 0 radical (unpaired) electrons. The number of urea groups is 1. The number of rotatable bonds is 11. The number of amides is 2. The van der Waals surface area contributed by atoms with Crippen molar-refractivity contribution in [2.75, 3.05) is 98.3 Å². The van der Waals surface area contributed by atoms with Gasteiger partial charge >= 0.3 is 6.03 Å². The first-order valence-corrected chi connectivity index (χ1v) is 18.6. The van der Waals surface area contributed by atoms with E-state index in [1.807, 2.05) is 79.1 Å². The molecule has 55 heavy (non-hydrogen) atoms. The van der Waals surface area contributed by atoms with Gasteiger partial charge in [0.1, 0.15) is 17.3 Å². The zero-order valence-electron chi connectivity index (χ0n) is 31.2. The molecule has 0 saturated carbocycles. The van der Waals surface area contributed by atoms with Crippen molar-refractivity contribution in [1.82, 2.24) is 19.9 Å². The van der Waals surface area contributed by atoms with Crippen LogP contribution in [0.5, 0.6) is 11.5 Å². The Hall–Kier alpha value is -5.99. The summed E-state index contributed by atoms with van der Waals surface area (Å²) in [7, 11) is 3.33. The molecule has 1 N–H and O–H groups in total. The van der Waals surface area contributed by atoms with E-state index in [1.165, 1.54) is 0 Å². The minimum atomic E-state index is -0.241. The number of methoxy groups -OCH3 is 2. The van der Waals surface area contributed by atoms with E-state index in [9.17, 15) is 4.79 Å². The topological polar surface area (TPSA) is 131 Å². The number of nitrogens with zero attached hydrogens (tertiary/aromatic N) is 8. The molecule has 2 fully saturated rings. The summed E-state index contributed by atoms with van der Waals surface area (Å²) in [5.74, 6) is 3.33. The lowest BCUT2D eigenvalue weighted by molar-refractivity contribution is 0.122. The highest BCUT2D eigenvalue weighted by atomic mass is 16.5. The lowest BCUT2D eigenvalue weighted by atomic mass is 10.1. The quantitative estimate of drug-likeness (QED) is 0.185. The van der Waals surface area contributed by atoms with Crippen LogP contribution in [0, 0.1) is 0 Å². The van der Waals surface area contributed by atoms with E-state index in [2.05, 4.69) is 26.1 Å². The Bertz CT molecular complexity index is 2020. The standard InChI is InChI=1S/C41H45N9O5/c1-52-34-10-6-29(7-11-34)27-49(28-30-8-12-35(53-2)13-9-30)39-42-25-31(26-43-39)37-36-14-15-50(38(36)46-40(45-37)48-18-22-55-23-19-48)41(51)44-32-4-3-5-33(24-32)47-16-20-54-21-17-47/h3-13,24-26H,14-23,27-28H2,1-2H3,(H,44,51). The van der Waals surface area contributed by atoms with E-state index in [-0.39, 0.29) is 6.03 Å².